The number of benzene rings is 2. The van der Waals surface area contributed by atoms with Crippen molar-refractivity contribution in [1.82, 2.24) is 29.8 Å². The van der Waals surface area contributed by atoms with Gasteiger partial charge in [0.25, 0.3) is 6.43 Å². The van der Waals surface area contributed by atoms with E-state index in [0.717, 1.165) is 12.1 Å². The minimum Gasteiger partial charge on any atom is -0.394 e. The van der Waals surface area contributed by atoms with Gasteiger partial charge in [-0.2, -0.15) is 5.10 Å². The molecule has 5 rings (SSSR count). The summed E-state index contributed by atoms with van der Waals surface area (Å²) in [6, 6.07) is 4.88. The molecule has 3 heterocycles. The highest BCUT2D eigenvalue weighted by molar-refractivity contribution is 6.32. The van der Waals surface area contributed by atoms with Gasteiger partial charge in [-0.05, 0) is 31.2 Å². The molecule has 4 aromatic rings. The zero-order valence-electron chi connectivity index (χ0n) is 20.0. The Kier molecular flexibility index (Phi) is 7.62. The summed E-state index contributed by atoms with van der Waals surface area (Å²) in [5.41, 5.74) is 0.0489. The summed E-state index contributed by atoms with van der Waals surface area (Å²) in [6.45, 7) is 1.02. The Labute approximate surface area is 228 Å². The van der Waals surface area contributed by atoms with Gasteiger partial charge in [0.15, 0.2) is 5.82 Å². The topological polar surface area (TPSA) is 111 Å². The Morgan fingerprint density at radius 3 is 2.54 bits per heavy atom. The Hall–Kier alpha value is -3.10. The molecule has 4 unspecified atom stereocenters. The molecule has 1 aliphatic rings. The largest absolute Gasteiger partial charge is 0.394 e. The fourth-order valence-corrected chi connectivity index (χ4v) is 4.76. The Morgan fingerprint density at radius 2 is 1.87 bits per heavy atom. The van der Waals surface area contributed by atoms with E-state index in [2.05, 4.69) is 20.4 Å². The Morgan fingerprint density at radius 1 is 1.15 bits per heavy atom. The fourth-order valence-electron chi connectivity index (χ4n) is 4.45. The predicted molar refractivity (Wildman–Crippen MR) is 131 cm³/mol. The molecule has 0 spiro atoms. The monoisotopic (exact) mass is 586 g/mol. The van der Waals surface area contributed by atoms with Crippen molar-refractivity contribution in [3.63, 3.8) is 0 Å². The van der Waals surface area contributed by atoms with E-state index in [1.54, 1.807) is 6.92 Å². The lowest BCUT2D eigenvalue weighted by Gasteiger charge is -2.38. The summed E-state index contributed by atoms with van der Waals surface area (Å²) in [5.74, 6) is -1.46. The smallest absolute Gasteiger partial charge is 0.263 e. The second-order valence-electron chi connectivity index (χ2n) is 8.92. The fraction of sp³-hybridized carbons (Fsp3) is 0.333. The van der Waals surface area contributed by atoms with Gasteiger partial charge < -0.3 is 14.9 Å². The van der Waals surface area contributed by atoms with Crippen LogP contribution in [0.4, 0.5) is 17.6 Å². The van der Waals surface area contributed by atoms with Gasteiger partial charge >= 0.3 is 0 Å². The van der Waals surface area contributed by atoms with Crippen molar-refractivity contribution in [3.05, 3.63) is 75.4 Å². The maximum atomic E-state index is 14.0. The molecule has 0 saturated carbocycles. The number of hydrogen-bond acceptors (Lipinski definition) is 7. The molecule has 4 atom stereocenters. The first kappa shape index (κ1) is 27.5. The highest BCUT2D eigenvalue weighted by atomic mass is 35.5. The molecule has 0 radical (unpaired) electrons. The van der Waals surface area contributed by atoms with E-state index in [-0.39, 0.29) is 39.8 Å². The number of alkyl halides is 2. The van der Waals surface area contributed by atoms with Crippen LogP contribution in [0, 0.1) is 18.6 Å². The number of ether oxygens (including phenoxy) is 1. The summed E-state index contributed by atoms with van der Waals surface area (Å²) >= 11 is 11.9. The third kappa shape index (κ3) is 5.24. The SMILES string of the molecule is Cc1nc(C2CC(n3cc(-c4cc(F)c(Cl)c(F)c4)nn3)C(O)C(CO)O2)n(-c2cc(C(F)F)ccc2Cl)n1. The van der Waals surface area contributed by atoms with Crippen LogP contribution in [0.25, 0.3) is 16.9 Å². The van der Waals surface area contributed by atoms with Crippen LogP contribution in [0.5, 0.6) is 0 Å². The van der Waals surface area contributed by atoms with Crippen LogP contribution in [0.1, 0.15) is 42.2 Å². The van der Waals surface area contributed by atoms with Crippen molar-refractivity contribution in [2.75, 3.05) is 6.61 Å². The maximum Gasteiger partial charge on any atom is 0.263 e. The Balaban J connectivity index is 1.51. The van der Waals surface area contributed by atoms with E-state index in [0.29, 0.717) is 5.82 Å². The van der Waals surface area contributed by atoms with Gasteiger partial charge in [-0.25, -0.2) is 31.9 Å². The molecule has 15 heteroatoms. The summed E-state index contributed by atoms with van der Waals surface area (Å²) in [7, 11) is 0. The number of aromatic nitrogens is 6. The van der Waals surface area contributed by atoms with Gasteiger partial charge in [-0.15, -0.1) is 5.10 Å². The molecule has 1 saturated heterocycles. The molecule has 0 bridgehead atoms. The summed E-state index contributed by atoms with van der Waals surface area (Å²) in [6.07, 6.45) is -4.59. The van der Waals surface area contributed by atoms with Crippen LogP contribution in [0.3, 0.4) is 0 Å². The van der Waals surface area contributed by atoms with Crippen molar-refractivity contribution in [3.8, 4) is 16.9 Å². The number of rotatable bonds is 6. The number of halogens is 6. The van der Waals surface area contributed by atoms with E-state index in [4.69, 9.17) is 27.9 Å². The first-order chi connectivity index (χ1) is 18.6. The van der Waals surface area contributed by atoms with Crippen LogP contribution >= 0.6 is 23.2 Å². The van der Waals surface area contributed by atoms with E-state index in [1.165, 1.54) is 33.8 Å². The third-order valence-electron chi connectivity index (χ3n) is 6.36. The van der Waals surface area contributed by atoms with Gasteiger partial charge in [-0.1, -0.05) is 34.5 Å². The van der Waals surface area contributed by atoms with Crippen LogP contribution in [-0.2, 0) is 4.74 Å². The zero-order chi connectivity index (χ0) is 28.0. The summed E-state index contributed by atoms with van der Waals surface area (Å²) in [5, 5.41) is 32.6. The van der Waals surface area contributed by atoms with Gasteiger partial charge in [0.1, 0.15) is 46.5 Å². The Bertz CT molecular complexity index is 1490. The quantitative estimate of drug-likeness (QED) is 0.247. The molecule has 39 heavy (non-hydrogen) atoms. The lowest BCUT2D eigenvalue weighted by Crippen LogP contribution is -2.45. The molecule has 2 aromatic carbocycles. The van der Waals surface area contributed by atoms with Gasteiger partial charge in [0, 0.05) is 17.5 Å². The van der Waals surface area contributed by atoms with Crippen LogP contribution in [0.15, 0.2) is 36.5 Å². The molecule has 0 amide bonds. The van der Waals surface area contributed by atoms with E-state index < -0.39 is 54.0 Å². The average Bonchev–Trinajstić information content (AvgIpc) is 3.54. The minimum atomic E-state index is -2.75. The van der Waals surface area contributed by atoms with Gasteiger partial charge in [-0.3, -0.25) is 0 Å². The van der Waals surface area contributed by atoms with Crippen LogP contribution in [0.2, 0.25) is 10.0 Å². The van der Waals surface area contributed by atoms with Crippen molar-refractivity contribution < 1.29 is 32.5 Å². The van der Waals surface area contributed by atoms with Gasteiger partial charge in [0.2, 0.25) is 0 Å². The van der Waals surface area contributed by atoms with E-state index >= 15 is 0 Å². The van der Waals surface area contributed by atoms with Crippen molar-refractivity contribution >= 4 is 23.2 Å². The number of hydrogen-bond donors (Lipinski definition) is 2. The number of nitrogens with zero attached hydrogens (tertiary/aromatic N) is 6. The van der Waals surface area contributed by atoms with E-state index in [1.807, 2.05) is 0 Å². The minimum absolute atomic E-state index is 0.0358. The predicted octanol–water partition coefficient (Wildman–Crippen LogP) is 4.78. The highest BCUT2D eigenvalue weighted by Crippen LogP contribution is 2.39. The normalized spacial score (nSPS) is 21.6. The molecule has 2 aromatic heterocycles. The summed E-state index contributed by atoms with van der Waals surface area (Å²) in [4.78, 5) is 4.40. The van der Waals surface area contributed by atoms with Crippen molar-refractivity contribution in [2.24, 2.45) is 0 Å². The molecular formula is C24H20Cl2F4N6O3. The molecule has 1 fully saturated rings. The second-order valence-corrected chi connectivity index (χ2v) is 9.70. The first-order valence-electron chi connectivity index (χ1n) is 11.6. The van der Waals surface area contributed by atoms with E-state index in [9.17, 15) is 27.8 Å². The van der Waals surface area contributed by atoms with Crippen molar-refractivity contribution in [2.45, 2.75) is 44.1 Å². The number of aryl methyl sites for hydroxylation is 1. The lowest BCUT2D eigenvalue weighted by molar-refractivity contribution is -0.161. The zero-order valence-corrected chi connectivity index (χ0v) is 21.5. The highest BCUT2D eigenvalue weighted by Gasteiger charge is 2.42. The number of aliphatic hydroxyl groups is 2. The van der Waals surface area contributed by atoms with Gasteiger partial charge in [0.05, 0.1) is 29.6 Å². The maximum absolute atomic E-state index is 14.0. The van der Waals surface area contributed by atoms with Crippen molar-refractivity contribution in [1.29, 1.82) is 0 Å². The summed E-state index contributed by atoms with van der Waals surface area (Å²) < 4.78 is 63.2. The lowest BCUT2D eigenvalue weighted by atomic mass is 9.95. The molecule has 9 nitrogen and oxygen atoms in total. The first-order valence-corrected chi connectivity index (χ1v) is 12.4. The molecule has 1 aliphatic heterocycles. The standard InChI is InChI=1S/C24H20Cl2F4N6O3/c1-10-31-24(36(33-10)17-6-11(23(29)30)2-3-13(17)25)19-7-18(22(38)20(9-37)39-19)35-8-16(32-34-35)12-4-14(27)21(26)15(28)5-12/h2-6,8,18-20,22-23,37-38H,7,9H2,1H3. The molecule has 206 valence electrons. The average molecular weight is 587 g/mol. The van der Waals surface area contributed by atoms with Crippen LogP contribution in [-0.4, -0.2) is 58.8 Å². The third-order valence-corrected chi connectivity index (χ3v) is 7.04. The second kappa shape index (κ2) is 10.8. The number of aliphatic hydroxyl groups excluding tert-OH is 2. The molecule has 0 aliphatic carbocycles. The molecule has 2 N–H and O–H groups in total. The molecular weight excluding hydrogens is 567 g/mol. The van der Waals surface area contributed by atoms with Crippen LogP contribution < -0.4 is 0 Å².